The summed E-state index contributed by atoms with van der Waals surface area (Å²) in [6, 6.07) is 0. The van der Waals surface area contributed by atoms with Gasteiger partial charge >= 0.3 is 0 Å². The minimum atomic E-state index is -0.384. The van der Waals surface area contributed by atoms with Crippen LogP contribution in [-0.4, -0.2) is 38.9 Å². The third kappa shape index (κ3) is 2.20. The van der Waals surface area contributed by atoms with Gasteiger partial charge in [-0.1, -0.05) is 12.1 Å². The molecule has 1 fully saturated rings. The van der Waals surface area contributed by atoms with Crippen molar-refractivity contribution in [3.05, 3.63) is 23.0 Å². The van der Waals surface area contributed by atoms with Crippen LogP contribution < -0.4 is 5.32 Å². The number of carbonyl (C=O) groups excluding carboxylic acids is 2. The minimum Gasteiger partial charge on any atom is -0.352 e. The summed E-state index contributed by atoms with van der Waals surface area (Å²) in [4.78, 5) is 43.0. The van der Waals surface area contributed by atoms with E-state index in [0.717, 1.165) is 0 Å². The van der Waals surface area contributed by atoms with Crippen molar-refractivity contribution in [3.8, 4) is 0 Å². The minimum absolute atomic E-state index is 0.0993. The molecule has 0 aromatic carbocycles. The van der Waals surface area contributed by atoms with E-state index in [1.165, 1.54) is 6.33 Å². The van der Waals surface area contributed by atoms with Crippen molar-refractivity contribution in [3.63, 3.8) is 0 Å². The van der Waals surface area contributed by atoms with Gasteiger partial charge in [0.15, 0.2) is 5.78 Å². The van der Waals surface area contributed by atoms with Gasteiger partial charge in [0, 0.05) is 17.7 Å². The Morgan fingerprint density at radius 2 is 2.25 bits per heavy atom. The Morgan fingerprint density at radius 1 is 1.42 bits per heavy atom. The Hall–Kier alpha value is -2.68. The number of hydrogen-bond donors (Lipinski definition) is 1. The first kappa shape index (κ1) is 14.9. The fraction of sp³-hybridized carbons (Fsp3) is 0.467. The molecule has 0 bridgehead atoms. The van der Waals surface area contributed by atoms with Crippen LogP contribution in [0.5, 0.6) is 0 Å². The number of hydrogen-bond acceptors (Lipinski definition) is 7. The normalized spacial score (nSPS) is 26.5. The zero-order chi connectivity index (χ0) is 16.8. The van der Waals surface area contributed by atoms with Crippen LogP contribution in [-0.2, 0) is 9.53 Å². The van der Waals surface area contributed by atoms with Gasteiger partial charge in [0.1, 0.15) is 30.6 Å². The standard InChI is InChI=1S/C15H15N5O4/c1-7-2-8(4-18-23)24-15(7)20-5-9-10(21)3-11(22)19-13-12(9)14(20)17-6-16-13/h5-8,15H,2-4H2,1H3,(H,16,17,19,22). The van der Waals surface area contributed by atoms with E-state index in [0.29, 0.717) is 28.8 Å². The molecule has 124 valence electrons. The second-order valence-corrected chi connectivity index (χ2v) is 6.19. The van der Waals surface area contributed by atoms with E-state index in [4.69, 9.17) is 4.74 Å². The summed E-state index contributed by atoms with van der Waals surface area (Å²) < 4.78 is 7.72. The van der Waals surface area contributed by atoms with Gasteiger partial charge in [-0.15, -0.1) is 0 Å². The van der Waals surface area contributed by atoms with Crippen LogP contribution in [0.15, 0.2) is 17.7 Å². The van der Waals surface area contributed by atoms with Gasteiger partial charge in [0.05, 0.1) is 17.9 Å². The number of anilines is 1. The summed E-state index contributed by atoms with van der Waals surface area (Å²) >= 11 is 0. The maximum atomic E-state index is 12.4. The number of carbonyl (C=O) groups is 2. The first-order valence-electron chi connectivity index (χ1n) is 7.71. The molecule has 3 atom stereocenters. The molecule has 2 aromatic heterocycles. The van der Waals surface area contributed by atoms with Crippen LogP contribution in [0.25, 0.3) is 11.0 Å². The summed E-state index contributed by atoms with van der Waals surface area (Å²) in [5.41, 5.74) is 0.939. The highest BCUT2D eigenvalue weighted by atomic mass is 16.5. The molecule has 2 aromatic rings. The number of ketones is 1. The van der Waals surface area contributed by atoms with E-state index in [1.807, 2.05) is 6.92 Å². The molecule has 4 heterocycles. The molecule has 1 saturated heterocycles. The van der Waals surface area contributed by atoms with Crippen LogP contribution in [0.4, 0.5) is 5.82 Å². The third-order valence-corrected chi connectivity index (χ3v) is 4.49. The van der Waals surface area contributed by atoms with Crippen molar-refractivity contribution in [1.29, 1.82) is 0 Å². The molecule has 1 amide bonds. The van der Waals surface area contributed by atoms with Crippen LogP contribution in [0.2, 0.25) is 0 Å². The monoisotopic (exact) mass is 329 g/mol. The highest BCUT2D eigenvalue weighted by Gasteiger charge is 2.36. The molecule has 2 aliphatic heterocycles. The molecule has 24 heavy (non-hydrogen) atoms. The topological polar surface area (TPSA) is 116 Å². The number of aromatic nitrogens is 3. The van der Waals surface area contributed by atoms with Crippen molar-refractivity contribution in [2.75, 3.05) is 11.9 Å². The Kier molecular flexibility index (Phi) is 3.38. The Labute approximate surface area is 136 Å². The molecule has 9 nitrogen and oxygen atoms in total. The highest BCUT2D eigenvalue weighted by molar-refractivity contribution is 6.21. The van der Waals surface area contributed by atoms with E-state index in [1.54, 1.807) is 10.8 Å². The molecule has 0 aliphatic carbocycles. The van der Waals surface area contributed by atoms with Crippen LogP contribution in [0.1, 0.15) is 36.4 Å². The highest BCUT2D eigenvalue weighted by Crippen LogP contribution is 2.39. The maximum absolute atomic E-state index is 12.4. The van der Waals surface area contributed by atoms with E-state index < -0.39 is 0 Å². The second kappa shape index (κ2) is 5.45. The SMILES string of the molecule is CC1CC(CN=O)OC1n1cc2c3c(ncnc31)NC(=O)CC2=O. The van der Waals surface area contributed by atoms with E-state index in [9.17, 15) is 14.5 Å². The first-order valence-corrected chi connectivity index (χ1v) is 7.71. The summed E-state index contributed by atoms with van der Waals surface area (Å²) in [5.74, 6) is -0.195. The lowest BCUT2D eigenvalue weighted by molar-refractivity contribution is -0.115. The summed E-state index contributed by atoms with van der Waals surface area (Å²) in [7, 11) is 0. The Morgan fingerprint density at radius 3 is 3.04 bits per heavy atom. The number of amides is 1. The molecule has 1 N–H and O–H groups in total. The summed E-state index contributed by atoms with van der Waals surface area (Å²) in [6.07, 6.45) is 2.90. The maximum Gasteiger partial charge on any atom is 0.233 e. The molecule has 9 heteroatoms. The van der Waals surface area contributed by atoms with Crippen LogP contribution in [0.3, 0.4) is 0 Å². The van der Waals surface area contributed by atoms with Crippen molar-refractivity contribution < 1.29 is 14.3 Å². The van der Waals surface area contributed by atoms with Crippen molar-refractivity contribution in [1.82, 2.24) is 14.5 Å². The van der Waals surface area contributed by atoms with Gasteiger partial charge in [0.2, 0.25) is 5.91 Å². The average molecular weight is 329 g/mol. The predicted octanol–water partition coefficient (Wildman–Crippen LogP) is 1.65. The summed E-state index contributed by atoms with van der Waals surface area (Å²) in [5, 5.41) is 6.08. The summed E-state index contributed by atoms with van der Waals surface area (Å²) in [6.45, 7) is 2.11. The number of ether oxygens (including phenoxy) is 1. The van der Waals surface area contributed by atoms with Gasteiger partial charge in [-0.2, -0.15) is 4.91 Å². The average Bonchev–Trinajstić information content (AvgIpc) is 3.05. The van der Waals surface area contributed by atoms with Gasteiger partial charge in [0.25, 0.3) is 0 Å². The third-order valence-electron chi connectivity index (χ3n) is 4.49. The second-order valence-electron chi connectivity index (χ2n) is 6.19. The van der Waals surface area contributed by atoms with Gasteiger partial charge in [-0.3, -0.25) is 9.59 Å². The molecule has 4 rings (SSSR count). The molecular weight excluding hydrogens is 314 g/mol. The first-order chi connectivity index (χ1) is 11.6. The molecular formula is C15H15N5O4. The lowest BCUT2D eigenvalue weighted by Gasteiger charge is -2.18. The van der Waals surface area contributed by atoms with Gasteiger partial charge in [-0.05, 0) is 6.42 Å². The fourth-order valence-electron chi connectivity index (χ4n) is 3.46. The molecule has 0 saturated carbocycles. The van der Waals surface area contributed by atoms with Crippen LogP contribution in [0, 0.1) is 10.8 Å². The van der Waals surface area contributed by atoms with E-state index in [2.05, 4.69) is 20.5 Å². The fourth-order valence-corrected chi connectivity index (χ4v) is 3.46. The number of nitrogens with one attached hydrogen (secondary N) is 1. The predicted molar refractivity (Wildman–Crippen MR) is 83.5 cm³/mol. The molecule has 2 aliphatic rings. The molecule has 0 spiro atoms. The van der Waals surface area contributed by atoms with Crippen molar-refractivity contribution in [2.24, 2.45) is 11.1 Å². The number of Topliss-reactive ketones (excluding diaryl/α,β-unsaturated/α-hetero) is 1. The zero-order valence-corrected chi connectivity index (χ0v) is 12.9. The van der Waals surface area contributed by atoms with Gasteiger partial charge < -0.3 is 14.6 Å². The molecule has 0 radical (unpaired) electrons. The lowest BCUT2D eigenvalue weighted by Crippen LogP contribution is -2.17. The zero-order valence-electron chi connectivity index (χ0n) is 12.9. The smallest absolute Gasteiger partial charge is 0.233 e. The Balaban J connectivity index is 1.84. The van der Waals surface area contributed by atoms with Gasteiger partial charge in [-0.25, -0.2) is 9.97 Å². The Bertz CT molecular complexity index is 861. The largest absolute Gasteiger partial charge is 0.352 e. The van der Waals surface area contributed by atoms with Crippen LogP contribution >= 0.6 is 0 Å². The molecule has 3 unspecified atom stereocenters. The lowest BCUT2D eigenvalue weighted by atomic mass is 10.1. The number of rotatable bonds is 3. The number of nitroso groups, excluding NO2 is 1. The van der Waals surface area contributed by atoms with E-state index >= 15 is 0 Å². The quantitative estimate of drug-likeness (QED) is 0.676. The van der Waals surface area contributed by atoms with Crippen molar-refractivity contribution >= 4 is 28.5 Å². The van der Waals surface area contributed by atoms with E-state index in [-0.39, 0.29) is 42.9 Å². The number of nitrogens with zero attached hydrogens (tertiary/aromatic N) is 4. The van der Waals surface area contributed by atoms with Crippen molar-refractivity contribution in [2.45, 2.75) is 32.1 Å².